The minimum absolute atomic E-state index is 0.0869. The number of para-hydroxylation sites is 1. The van der Waals surface area contributed by atoms with Gasteiger partial charge in [-0.3, -0.25) is 4.72 Å². The SMILES string of the molecule is CNC(C)c1ccccc1NS(=O)(=O)C(C)(C)C. The summed E-state index contributed by atoms with van der Waals surface area (Å²) < 4.78 is 26.2. The highest BCUT2D eigenvalue weighted by Crippen LogP contribution is 2.26. The highest BCUT2D eigenvalue weighted by molar-refractivity contribution is 7.94. The minimum Gasteiger partial charge on any atom is -0.313 e. The predicted molar refractivity (Wildman–Crippen MR) is 76.2 cm³/mol. The maximum atomic E-state index is 12.2. The first-order valence-corrected chi connectivity index (χ1v) is 7.46. The quantitative estimate of drug-likeness (QED) is 0.884. The van der Waals surface area contributed by atoms with E-state index in [1.54, 1.807) is 26.8 Å². The van der Waals surface area contributed by atoms with Crippen LogP contribution in [0.3, 0.4) is 0 Å². The highest BCUT2D eigenvalue weighted by Gasteiger charge is 2.29. The van der Waals surface area contributed by atoms with Crippen LogP contribution in [0.25, 0.3) is 0 Å². The zero-order chi connectivity index (χ0) is 14.0. The summed E-state index contributed by atoms with van der Waals surface area (Å²) in [5, 5.41) is 3.11. The molecule has 5 heteroatoms. The monoisotopic (exact) mass is 270 g/mol. The van der Waals surface area contributed by atoms with Crippen molar-refractivity contribution in [1.82, 2.24) is 5.32 Å². The molecule has 0 heterocycles. The second-order valence-corrected chi connectivity index (χ2v) is 7.75. The van der Waals surface area contributed by atoms with Crippen LogP contribution in [-0.4, -0.2) is 20.2 Å². The molecule has 102 valence electrons. The van der Waals surface area contributed by atoms with Crippen LogP contribution in [0.4, 0.5) is 5.69 Å². The van der Waals surface area contributed by atoms with Crippen molar-refractivity contribution < 1.29 is 8.42 Å². The third kappa shape index (κ3) is 3.23. The van der Waals surface area contributed by atoms with Crippen molar-refractivity contribution in [3.8, 4) is 0 Å². The lowest BCUT2D eigenvalue weighted by Crippen LogP contribution is -2.34. The Kier molecular flexibility index (Phi) is 4.40. The van der Waals surface area contributed by atoms with E-state index in [4.69, 9.17) is 0 Å². The summed E-state index contributed by atoms with van der Waals surface area (Å²) in [5.41, 5.74) is 1.57. The van der Waals surface area contributed by atoms with E-state index in [0.717, 1.165) is 5.56 Å². The molecule has 1 atom stereocenters. The molecular formula is C13H22N2O2S. The maximum Gasteiger partial charge on any atom is 0.237 e. The van der Waals surface area contributed by atoms with Gasteiger partial charge in [0.05, 0.1) is 10.4 Å². The van der Waals surface area contributed by atoms with Crippen molar-refractivity contribution in [3.63, 3.8) is 0 Å². The molecule has 1 unspecified atom stereocenters. The summed E-state index contributed by atoms with van der Waals surface area (Å²) in [6.07, 6.45) is 0. The van der Waals surface area contributed by atoms with Crippen molar-refractivity contribution in [2.45, 2.75) is 38.5 Å². The second-order valence-electron chi connectivity index (χ2n) is 5.32. The molecule has 1 aromatic carbocycles. The molecule has 1 rings (SSSR count). The van der Waals surface area contributed by atoms with Gasteiger partial charge in [0.25, 0.3) is 0 Å². The number of nitrogens with one attached hydrogen (secondary N) is 2. The molecule has 0 radical (unpaired) electrons. The molecular weight excluding hydrogens is 248 g/mol. The van der Waals surface area contributed by atoms with Gasteiger partial charge < -0.3 is 5.32 Å². The molecule has 0 aliphatic carbocycles. The van der Waals surface area contributed by atoms with Crippen LogP contribution in [0.2, 0.25) is 0 Å². The normalized spacial score (nSPS) is 14.3. The van der Waals surface area contributed by atoms with Crippen LogP contribution < -0.4 is 10.0 Å². The number of rotatable bonds is 4. The van der Waals surface area contributed by atoms with E-state index in [9.17, 15) is 8.42 Å². The Balaban J connectivity index is 3.13. The van der Waals surface area contributed by atoms with E-state index in [0.29, 0.717) is 5.69 Å². The molecule has 0 amide bonds. The lowest BCUT2D eigenvalue weighted by molar-refractivity contribution is 0.565. The average molecular weight is 270 g/mol. The number of benzene rings is 1. The summed E-state index contributed by atoms with van der Waals surface area (Å²) in [6, 6.07) is 7.52. The van der Waals surface area contributed by atoms with Crippen LogP contribution in [0, 0.1) is 0 Å². The predicted octanol–water partition coefficient (Wildman–Crippen LogP) is 2.51. The first-order chi connectivity index (χ1) is 8.19. The summed E-state index contributed by atoms with van der Waals surface area (Å²) in [4.78, 5) is 0. The fourth-order valence-corrected chi connectivity index (χ4v) is 2.20. The Labute approximate surface area is 110 Å². The van der Waals surface area contributed by atoms with Gasteiger partial charge in [-0.05, 0) is 46.4 Å². The molecule has 0 spiro atoms. The van der Waals surface area contributed by atoms with Crippen LogP contribution in [-0.2, 0) is 10.0 Å². The lowest BCUT2D eigenvalue weighted by atomic mass is 10.1. The molecule has 1 aromatic rings. The van der Waals surface area contributed by atoms with Crippen LogP contribution in [0.1, 0.15) is 39.3 Å². The number of sulfonamides is 1. The van der Waals surface area contributed by atoms with E-state index < -0.39 is 14.8 Å². The fourth-order valence-electron chi connectivity index (χ4n) is 1.42. The number of anilines is 1. The fraction of sp³-hybridized carbons (Fsp3) is 0.538. The highest BCUT2D eigenvalue weighted by atomic mass is 32.2. The van der Waals surface area contributed by atoms with Gasteiger partial charge in [0.1, 0.15) is 0 Å². The molecule has 18 heavy (non-hydrogen) atoms. The molecule has 0 fully saturated rings. The number of hydrogen-bond donors (Lipinski definition) is 2. The smallest absolute Gasteiger partial charge is 0.237 e. The van der Waals surface area contributed by atoms with Gasteiger partial charge >= 0.3 is 0 Å². The van der Waals surface area contributed by atoms with Crippen molar-refractivity contribution in [1.29, 1.82) is 0 Å². The van der Waals surface area contributed by atoms with Crippen molar-refractivity contribution in [2.75, 3.05) is 11.8 Å². The number of hydrogen-bond acceptors (Lipinski definition) is 3. The van der Waals surface area contributed by atoms with Gasteiger partial charge in [-0.15, -0.1) is 0 Å². The van der Waals surface area contributed by atoms with E-state index in [1.807, 2.05) is 32.2 Å². The van der Waals surface area contributed by atoms with E-state index in [-0.39, 0.29) is 6.04 Å². The molecule has 0 aliphatic heterocycles. The minimum atomic E-state index is -3.39. The second kappa shape index (κ2) is 5.28. The summed E-state index contributed by atoms with van der Waals surface area (Å²) in [7, 11) is -1.55. The Morgan fingerprint density at radius 1 is 1.17 bits per heavy atom. The van der Waals surface area contributed by atoms with E-state index in [2.05, 4.69) is 10.0 Å². The zero-order valence-corrected chi connectivity index (χ0v) is 12.4. The first kappa shape index (κ1) is 15.0. The van der Waals surface area contributed by atoms with E-state index in [1.165, 1.54) is 0 Å². The lowest BCUT2D eigenvalue weighted by Gasteiger charge is -2.23. The standard InChI is InChI=1S/C13H22N2O2S/c1-10(14-5)11-8-6-7-9-12(11)15-18(16,17)13(2,3)4/h6-10,14-15H,1-5H3. The molecule has 0 saturated carbocycles. The first-order valence-electron chi connectivity index (χ1n) is 5.97. The largest absolute Gasteiger partial charge is 0.313 e. The van der Waals surface area contributed by atoms with Gasteiger partial charge in [0.15, 0.2) is 0 Å². The molecule has 0 bridgehead atoms. The van der Waals surface area contributed by atoms with Crippen LogP contribution in [0.15, 0.2) is 24.3 Å². The molecule has 4 nitrogen and oxygen atoms in total. The Bertz CT molecular complexity index is 504. The molecule has 0 saturated heterocycles. The zero-order valence-electron chi connectivity index (χ0n) is 11.6. The van der Waals surface area contributed by atoms with E-state index >= 15 is 0 Å². The summed E-state index contributed by atoms with van der Waals surface area (Å²) in [5.74, 6) is 0. The Hall–Kier alpha value is -1.07. The summed E-state index contributed by atoms with van der Waals surface area (Å²) in [6.45, 7) is 7.03. The molecule has 2 N–H and O–H groups in total. The third-order valence-corrected chi connectivity index (χ3v) is 5.01. The molecule has 0 aliphatic rings. The van der Waals surface area contributed by atoms with Crippen molar-refractivity contribution in [3.05, 3.63) is 29.8 Å². The van der Waals surface area contributed by atoms with Gasteiger partial charge in [-0.1, -0.05) is 18.2 Å². The van der Waals surface area contributed by atoms with Crippen molar-refractivity contribution in [2.24, 2.45) is 0 Å². The van der Waals surface area contributed by atoms with Crippen LogP contribution in [0.5, 0.6) is 0 Å². The Morgan fingerprint density at radius 2 is 1.72 bits per heavy atom. The maximum absolute atomic E-state index is 12.2. The molecule has 0 aromatic heterocycles. The van der Waals surface area contributed by atoms with Crippen molar-refractivity contribution >= 4 is 15.7 Å². The van der Waals surface area contributed by atoms with Gasteiger partial charge in [-0.2, -0.15) is 0 Å². The topological polar surface area (TPSA) is 58.2 Å². The third-order valence-electron chi connectivity index (χ3n) is 2.91. The average Bonchev–Trinajstić information content (AvgIpc) is 2.26. The van der Waals surface area contributed by atoms with Crippen LogP contribution >= 0.6 is 0 Å². The van der Waals surface area contributed by atoms with Gasteiger partial charge in [-0.25, -0.2) is 8.42 Å². The van der Waals surface area contributed by atoms with Gasteiger partial charge in [0, 0.05) is 6.04 Å². The summed E-state index contributed by atoms with van der Waals surface area (Å²) >= 11 is 0. The Morgan fingerprint density at radius 3 is 2.22 bits per heavy atom. The van der Waals surface area contributed by atoms with Gasteiger partial charge in [0.2, 0.25) is 10.0 Å².